The number of guanidine groups is 1. The minimum Gasteiger partial charge on any atom is -0.395 e. The first-order valence-corrected chi connectivity index (χ1v) is 11.6. The maximum Gasteiger partial charge on any atom is 0.586 e. The van der Waals surface area contributed by atoms with E-state index >= 15 is 0 Å². The molecule has 0 spiro atoms. The number of terminal acetylenes is 1. The Balaban J connectivity index is 1.54. The third kappa shape index (κ3) is 5.99. The zero-order chi connectivity index (χ0) is 27.3. The van der Waals surface area contributed by atoms with Crippen molar-refractivity contribution in [2.45, 2.75) is 19.3 Å². The van der Waals surface area contributed by atoms with Gasteiger partial charge >= 0.3 is 6.29 Å². The molecule has 2 atom stereocenters. The number of aliphatic imine (C=N–C) groups is 2. The number of alkyl halides is 2. The normalized spacial score (nSPS) is 15.9. The van der Waals surface area contributed by atoms with Crippen molar-refractivity contribution in [1.29, 1.82) is 0 Å². The Morgan fingerprint density at radius 1 is 1.18 bits per heavy atom. The number of nitrogens with zero attached hydrogens (tertiary/aromatic N) is 3. The quantitative estimate of drug-likeness (QED) is 0.259. The first kappa shape index (κ1) is 26.4. The molecule has 0 bridgehead atoms. The predicted octanol–water partition coefficient (Wildman–Crippen LogP) is 3.89. The lowest BCUT2D eigenvalue weighted by Gasteiger charge is -2.16. The topological polar surface area (TPSA) is 109 Å². The maximum atomic E-state index is 13.3. The van der Waals surface area contributed by atoms with Crippen LogP contribution in [0.25, 0.3) is 0 Å². The van der Waals surface area contributed by atoms with Crippen molar-refractivity contribution in [3.63, 3.8) is 0 Å². The Morgan fingerprint density at radius 3 is 2.61 bits per heavy atom. The second-order valence-electron chi connectivity index (χ2n) is 8.29. The smallest absolute Gasteiger partial charge is 0.395 e. The second kappa shape index (κ2) is 11.1. The van der Waals surface area contributed by atoms with Crippen LogP contribution in [-0.2, 0) is 0 Å². The number of carbonyl (C=O) groups is 1. The van der Waals surface area contributed by atoms with E-state index in [9.17, 15) is 18.7 Å². The molecule has 1 amide bonds. The minimum atomic E-state index is -3.73. The Hall–Kier alpha value is -4.69. The van der Waals surface area contributed by atoms with E-state index in [-0.39, 0.29) is 30.0 Å². The van der Waals surface area contributed by atoms with Gasteiger partial charge in [-0.2, -0.15) is 4.99 Å². The lowest BCUT2D eigenvalue weighted by Crippen LogP contribution is -2.30. The van der Waals surface area contributed by atoms with E-state index in [0.717, 1.165) is 5.56 Å². The zero-order valence-corrected chi connectivity index (χ0v) is 20.6. The molecular weight excluding hydrogens is 496 g/mol. The average Bonchev–Trinajstić information content (AvgIpc) is 3.52. The summed E-state index contributed by atoms with van der Waals surface area (Å²) in [5.41, 5.74) is 1.48. The number of halogens is 2. The third-order valence-electron chi connectivity index (χ3n) is 5.64. The number of aliphatic hydroxyl groups excluding tert-OH is 1. The van der Waals surface area contributed by atoms with Crippen LogP contribution in [0.15, 0.2) is 77.0 Å². The highest BCUT2D eigenvalue weighted by atomic mass is 19.3. The van der Waals surface area contributed by atoms with Crippen LogP contribution >= 0.6 is 0 Å². The van der Waals surface area contributed by atoms with Crippen molar-refractivity contribution in [2.24, 2.45) is 15.9 Å². The van der Waals surface area contributed by atoms with E-state index in [0.29, 0.717) is 17.1 Å². The molecule has 0 saturated heterocycles. The lowest BCUT2D eigenvalue weighted by molar-refractivity contribution is -0.286. The molecule has 3 N–H and O–H groups in total. The molecule has 38 heavy (non-hydrogen) atoms. The van der Waals surface area contributed by atoms with Crippen molar-refractivity contribution in [1.82, 2.24) is 9.88 Å². The van der Waals surface area contributed by atoms with Crippen molar-refractivity contribution in [3.8, 4) is 23.8 Å². The van der Waals surface area contributed by atoms with Gasteiger partial charge in [-0.15, -0.1) is 15.2 Å². The molecule has 196 valence electrons. The molecule has 0 saturated carbocycles. The summed E-state index contributed by atoms with van der Waals surface area (Å²) in [6.07, 6.45) is 5.14. The molecule has 2 aromatic carbocycles. The van der Waals surface area contributed by atoms with E-state index in [1.807, 2.05) is 30.3 Å². The van der Waals surface area contributed by atoms with E-state index < -0.39 is 18.3 Å². The number of benzene rings is 2. The number of hydrogen-bond donors (Lipinski definition) is 3. The van der Waals surface area contributed by atoms with E-state index in [1.54, 1.807) is 30.0 Å². The van der Waals surface area contributed by atoms with Crippen molar-refractivity contribution < 1.29 is 28.2 Å². The molecule has 0 radical (unpaired) electrons. The number of rotatable bonds is 6. The fourth-order valence-corrected chi connectivity index (χ4v) is 3.69. The van der Waals surface area contributed by atoms with Crippen molar-refractivity contribution in [2.75, 3.05) is 19.0 Å². The van der Waals surface area contributed by atoms with Crippen LogP contribution in [0.2, 0.25) is 0 Å². The number of carbonyl (C=O) groups excluding carboxylic acids is 1. The number of aliphatic hydroxyl groups is 1. The molecule has 9 nitrogen and oxygen atoms in total. The van der Waals surface area contributed by atoms with Crippen molar-refractivity contribution in [3.05, 3.63) is 78.1 Å². The molecule has 2 unspecified atom stereocenters. The number of amides is 1. The standard InChI is InChI=1S/C27H25F2N5O4/c1-4-17(2)24(33-26(30-3)31-20-10-11-22-23(14-20)38-27(28,29)37-22)34-13-12-19(15-34)25(36)32-21(16-35)18-8-6-5-7-9-18/h1,5-15,17,21,35H,16H2,2-3H3,(H,30,31)(H,32,36)/b33-24+. The number of fused-ring (bicyclic) bond motifs is 1. The minimum absolute atomic E-state index is 0.0884. The summed E-state index contributed by atoms with van der Waals surface area (Å²) in [6, 6.07) is 14.3. The number of hydrogen-bond acceptors (Lipinski definition) is 5. The first-order valence-electron chi connectivity index (χ1n) is 11.6. The van der Waals surface area contributed by atoms with Gasteiger partial charge in [0.05, 0.1) is 24.1 Å². The van der Waals surface area contributed by atoms with E-state index in [2.05, 4.69) is 36.0 Å². The zero-order valence-electron chi connectivity index (χ0n) is 20.6. The number of nitrogens with one attached hydrogen (secondary N) is 2. The van der Waals surface area contributed by atoms with Crippen molar-refractivity contribution >= 4 is 23.4 Å². The van der Waals surface area contributed by atoms with Gasteiger partial charge in [-0.05, 0) is 30.7 Å². The highest BCUT2D eigenvalue weighted by molar-refractivity contribution is 6.05. The number of aromatic nitrogens is 1. The summed E-state index contributed by atoms with van der Waals surface area (Å²) in [6.45, 7) is 1.49. The Bertz CT molecular complexity index is 1410. The largest absolute Gasteiger partial charge is 0.586 e. The lowest BCUT2D eigenvalue weighted by atomic mass is 10.1. The molecule has 1 aliphatic rings. The van der Waals surface area contributed by atoms with Gasteiger partial charge in [0.25, 0.3) is 5.91 Å². The third-order valence-corrected chi connectivity index (χ3v) is 5.64. The molecule has 2 heterocycles. The van der Waals surface area contributed by atoms with Gasteiger partial charge in [-0.1, -0.05) is 36.3 Å². The summed E-state index contributed by atoms with van der Waals surface area (Å²) < 4.78 is 37.2. The summed E-state index contributed by atoms with van der Waals surface area (Å²) in [5.74, 6) is 2.04. The summed E-state index contributed by atoms with van der Waals surface area (Å²) in [5, 5.41) is 15.5. The molecule has 4 rings (SSSR count). The molecular formula is C27H25F2N5O4. The van der Waals surface area contributed by atoms with E-state index in [4.69, 9.17) is 6.42 Å². The Kier molecular flexibility index (Phi) is 7.74. The molecule has 11 heteroatoms. The van der Waals surface area contributed by atoms with Gasteiger partial charge in [0.2, 0.25) is 5.96 Å². The van der Waals surface area contributed by atoms with Gasteiger partial charge in [0.1, 0.15) is 5.84 Å². The monoisotopic (exact) mass is 521 g/mol. The Morgan fingerprint density at radius 2 is 1.92 bits per heavy atom. The van der Waals surface area contributed by atoms with Gasteiger partial charge < -0.3 is 29.8 Å². The molecule has 3 aromatic rings. The van der Waals surface area contributed by atoms with Crippen LogP contribution in [0.5, 0.6) is 11.5 Å². The van der Waals surface area contributed by atoms with Gasteiger partial charge in [-0.25, -0.2) is 0 Å². The molecule has 0 aliphatic carbocycles. The molecule has 1 aliphatic heterocycles. The van der Waals surface area contributed by atoms with Crippen LogP contribution in [0.1, 0.15) is 28.9 Å². The predicted molar refractivity (Wildman–Crippen MR) is 139 cm³/mol. The van der Waals surface area contributed by atoms with Gasteiger partial charge in [0, 0.05) is 31.2 Å². The number of ether oxygens (including phenoxy) is 2. The highest BCUT2D eigenvalue weighted by Crippen LogP contribution is 2.42. The first-order chi connectivity index (χ1) is 18.2. The fourth-order valence-electron chi connectivity index (χ4n) is 3.69. The van der Waals surface area contributed by atoms with E-state index in [1.165, 1.54) is 25.2 Å². The molecule has 1 aromatic heterocycles. The van der Waals surface area contributed by atoms with Crippen LogP contribution in [0.4, 0.5) is 14.5 Å². The molecule has 0 fully saturated rings. The fraction of sp³-hybridized carbons (Fsp3) is 0.222. The summed E-state index contributed by atoms with van der Waals surface area (Å²) in [4.78, 5) is 21.6. The highest BCUT2D eigenvalue weighted by Gasteiger charge is 2.43. The second-order valence-corrected chi connectivity index (χ2v) is 8.29. The van der Waals surface area contributed by atoms with Crippen LogP contribution in [0, 0.1) is 18.3 Å². The Labute approximate surface area is 217 Å². The van der Waals surface area contributed by atoms with Gasteiger partial charge in [-0.3, -0.25) is 9.79 Å². The summed E-state index contributed by atoms with van der Waals surface area (Å²) in [7, 11) is 1.50. The maximum absolute atomic E-state index is 13.3. The van der Waals surface area contributed by atoms with Gasteiger partial charge in [0.15, 0.2) is 11.5 Å². The summed E-state index contributed by atoms with van der Waals surface area (Å²) >= 11 is 0. The van der Waals surface area contributed by atoms with Crippen LogP contribution in [0.3, 0.4) is 0 Å². The van der Waals surface area contributed by atoms with Crippen LogP contribution in [-0.4, -0.2) is 47.3 Å². The number of anilines is 1. The van der Waals surface area contributed by atoms with Crippen LogP contribution < -0.4 is 20.1 Å². The average molecular weight is 522 g/mol. The SMILES string of the molecule is C#CC(C)/C(=N\C(=NC)Nc1ccc2c(c1)OC(F)(F)O2)n1ccc(C(=O)NC(CO)c2ccccc2)c1.